The zero-order valence-electron chi connectivity index (χ0n) is 10.3. The van der Waals surface area contributed by atoms with E-state index in [1.165, 1.54) is 0 Å². The molecule has 1 amide bonds. The Kier molecular flexibility index (Phi) is 3.04. The van der Waals surface area contributed by atoms with E-state index in [1.54, 1.807) is 7.11 Å². The number of carbonyl (C=O) groups is 1. The van der Waals surface area contributed by atoms with Crippen LogP contribution in [0, 0.1) is 5.92 Å². The molecular weight excluding hydrogens is 250 g/mol. The maximum atomic E-state index is 12.2. The fourth-order valence-electron chi connectivity index (χ4n) is 2.59. The van der Waals surface area contributed by atoms with Crippen LogP contribution in [-0.4, -0.2) is 37.1 Å². The molecule has 4 heteroatoms. The molecule has 1 saturated heterocycles. The van der Waals surface area contributed by atoms with Crippen LogP contribution < -0.4 is 0 Å². The largest absolute Gasteiger partial charge is 0.378 e. The third-order valence-electron chi connectivity index (χ3n) is 3.91. The predicted molar refractivity (Wildman–Crippen MR) is 69.7 cm³/mol. The van der Waals surface area contributed by atoms with Crippen LogP contribution in [0.3, 0.4) is 0 Å². The van der Waals surface area contributed by atoms with Crippen LogP contribution in [0.5, 0.6) is 0 Å². The standard InChI is InChI=1S/C14H16ClNO2/c1-18-9-7-16(8-9)14(17)12-6-11(12)10-4-2-3-5-13(10)15/h2-5,9,11-12H,6-8H2,1H3/t11-,12-/m0/s1. The van der Waals surface area contributed by atoms with E-state index in [4.69, 9.17) is 16.3 Å². The SMILES string of the molecule is COC1CN(C(=O)[C@H]2C[C@H]2c2ccccc2Cl)C1. The molecule has 0 aromatic heterocycles. The number of hydrogen-bond donors (Lipinski definition) is 0. The van der Waals surface area contributed by atoms with Gasteiger partial charge in [0.15, 0.2) is 0 Å². The van der Waals surface area contributed by atoms with Crippen molar-refractivity contribution in [1.82, 2.24) is 4.90 Å². The minimum atomic E-state index is 0.128. The summed E-state index contributed by atoms with van der Waals surface area (Å²) in [5, 5.41) is 0.774. The Morgan fingerprint density at radius 2 is 2.11 bits per heavy atom. The third kappa shape index (κ3) is 2.02. The highest BCUT2D eigenvalue weighted by Gasteiger charge is 2.48. The van der Waals surface area contributed by atoms with Gasteiger partial charge in [-0.3, -0.25) is 4.79 Å². The van der Waals surface area contributed by atoms with Gasteiger partial charge in [0.2, 0.25) is 5.91 Å². The molecule has 2 aliphatic rings. The average molecular weight is 266 g/mol. The summed E-state index contributed by atoms with van der Waals surface area (Å²) in [5.74, 6) is 0.698. The van der Waals surface area contributed by atoms with E-state index < -0.39 is 0 Å². The molecule has 2 atom stereocenters. The van der Waals surface area contributed by atoms with E-state index in [1.807, 2.05) is 29.2 Å². The van der Waals surface area contributed by atoms with Gasteiger partial charge < -0.3 is 9.64 Å². The lowest BCUT2D eigenvalue weighted by Gasteiger charge is -2.38. The summed E-state index contributed by atoms with van der Waals surface area (Å²) < 4.78 is 5.18. The number of hydrogen-bond acceptors (Lipinski definition) is 2. The van der Waals surface area contributed by atoms with Crippen LogP contribution in [-0.2, 0) is 9.53 Å². The van der Waals surface area contributed by atoms with Gasteiger partial charge >= 0.3 is 0 Å². The first kappa shape index (κ1) is 12.0. The highest BCUT2D eigenvalue weighted by atomic mass is 35.5. The van der Waals surface area contributed by atoms with Gasteiger partial charge in [0.05, 0.1) is 6.10 Å². The lowest BCUT2D eigenvalue weighted by molar-refractivity contribution is -0.144. The molecule has 0 radical (unpaired) electrons. The Bertz CT molecular complexity index is 471. The summed E-state index contributed by atoms with van der Waals surface area (Å²) in [6.07, 6.45) is 1.16. The van der Waals surface area contributed by atoms with Gasteiger partial charge in [-0.15, -0.1) is 0 Å². The second kappa shape index (κ2) is 4.56. The van der Waals surface area contributed by atoms with Crippen molar-refractivity contribution in [1.29, 1.82) is 0 Å². The quantitative estimate of drug-likeness (QED) is 0.839. The molecule has 0 unspecified atom stereocenters. The average Bonchev–Trinajstić information content (AvgIpc) is 3.08. The minimum absolute atomic E-state index is 0.128. The van der Waals surface area contributed by atoms with Crippen LogP contribution >= 0.6 is 11.6 Å². The van der Waals surface area contributed by atoms with Crippen LogP contribution in [0.1, 0.15) is 17.9 Å². The zero-order valence-corrected chi connectivity index (χ0v) is 11.1. The molecule has 1 aromatic carbocycles. The Labute approximate surface area is 112 Å². The predicted octanol–water partition coefficient (Wildman–Crippen LogP) is 2.30. The first-order valence-electron chi connectivity index (χ1n) is 6.26. The molecule has 1 heterocycles. The molecular formula is C14H16ClNO2. The number of nitrogens with zero attached hydrogens (tertiary/aromatic N) is 1. The van der Waals surface area contributed by atoms with E-state index in [9.17, 15) is 4.79 Å². The number of ether oxygens (including phenoxy) is 1. The lowest BCUT2D eigenvalue weighted by atomic mass is 10.1. The van der Waals surface area contributed by atoms with Crippen LogP contribution in [0.25, 0.3) is 0 Å². The first-order valence-corrected chi connectivity index (χ1v) is 6.64. The number of benzene rings is 1. The van der Waals surface area contributed by atoms with Gasteiger partial charge in [-0.05, 0) is 24.0 Å². The van der Waals surface area contributed by atoms with Crippen molar-refractivity contribution in [2.24, 2.45) is 5.92 Å². The van der Waals surface area contributed by atoms with Crippen molar-refractivity contribution >= 4 is 17.5 Å². The molecule has 1 aromatic rings. The van der Waals surface area contributed by atoms with Gasteiger partial charge in [-0.2, -0.15) is 0 Å². The summed E-state index contributed by atoms with van der Waals surface area (Å²) >= 11 is 6.16. The molecule has 3 rings (SSSR count). The normalized spacial score (nSPS) is 26.9. The van der Waals surface area contributed by atoms with Gasteiger partial charge in [0.1, 0.15) is 0 Å². The minimum Gasteiger partial charge on any atom is -0.378 e. The first-order chi connectivity index (χ1) is 8.70. The zero-order chi connectivity index (χ0) is 12.7. The fraction of sp³-hybridized carbons (Fsp3) is 0.500. The van der Waals surface area contributed by atoms with Crippen molar-refractivity contribution in [2.75, 3.05) is 20.2 Å². The summed E-state index contributed by atoms with van der Waals surface area (Å²) in [5.41, 5.74) is 1.11. The molecule has 96 valence electrons. The molecule has 2 fully saturated rings. The van der Waals surface area contributed by atoms with E-state index in [0.717, 1.165) is 30.1 Å². The Hall–Kier alpha value is -1.06. The lowest BCUT2D eigenvalue weighted by Crippen LogP contribution is -2.55. The Morgan fingerprint density at radius 1 is 1.39 bits per heavy atom. The molecule has 0 N–H and O–H groups in total. The number of amides is 1. The molecule has 1 aliphatic heterocycles. The third-order valence-corrected chi connectivity index (χ3v) is 4.25. The monoisotopic (exact) mass is 265 g/mol. The topological polar surface area (TPSA) is 29.5 Å². The maximum absolute atomic E-state index is 12.2. The van der Waals surface area contributed by atoms with Gasteiger partial charge in [0.25, 0.3) is 0 Å². The van der Waals surface area contributed by atoms with Crippen molar-refractivity contribution < 1.29 is 9.53 Å². The molecule has 0 spiro atoms. The van der Waals surface area contributed by atoms with Crippen molar-refractivity contribution in [3.05, 3.63) is 34.9 Å². The van der Waals surface area contributed by atoms with Crippen molar-refractivity contribution in [2.45, 2.75) is 18.4 Å². The van der Waals surface area contributed by atoms with Gasteiger partial charge in [0, 0.05) is 31.1 Å². The van der Waals surface area contributed by atoms with E-state index in [2.05, 4.69) is 0 Å². The molecule has 1 aliphatic carbocycles. The number of likely N-dealkylation sites (tertiary alicyclic amines) is 1. The van der Waals surface area contributed by atoms with E-state index in [0.29, 0.717) is 5.92 Å². The molecule has 18 heavy (non-hydrogen) atoms. The van der Waals surface area contributed by atoms with Crippen LogP contribution in [0.15, 0.2) is 24.3 Å². The highest BCUT2D eigenvalue weighted by molar-refractivity contribution is 6.31. The van der Waals surface area contributed by atoms with E-state index in [-0.39, 0.29) is 17.9 Å². The second-order valence-electron chi connectivity index (χ2n) is 5.07. The van der Waals surface area contributed by atoms with Crippen molar-refractivity contribution in [3.8, 4) is 0 Å². The number of methoxy groups -OCH3 is 1. The van der Waals surface area contributed by atoms with Crippen LogP contribution in [0.4, 0.5) is 0 Å². The van der Waals surface area contributed by atoms with Gasteiger partial charge in [-0.1, -0.05) is 29.8 Å². The summed E-state index contributed by atoms with van der Waals surface area (Å²) in [4.78, 5) is 14.1. The Morgan fingerprint density at radius 3 is 2.78 bits per heavy atom. The summed E-state index contributed by atoms with van der Waals surface area (Å²) in [6.45, 7) is 1.47. The maximum Gasteiger partial charge on any atom is 0.226 e. The number of rotatable bonds is 3. The molecule has 3 nitrogen and oxygen atoms in total. The smallest absolute Gasteiger partial charge is 0.226 e. The Balaban J connectivity index is 1.61. The fourth-order valence-corrected chi connectivity index (χ4v) is 2.86. The summed E-state index contributed by atoms with van der Waals surface area (Å²) in [7, 11) is 1.69. The summed E-state index contributed by atoms with van der Waals surface area (Å²) in [6, 6.07) is 7.81. The number of halogens is 1. The number of carbonyl (C=O) groups excluding carboxylic acids is 1. The highest BCUT2D eigenvalue weighted by Crippen LogP contribution is 2.50. The van der Waals surface area contributed by atoms with E-state index >= 15 is 0 Å². The molecule has 1 saturated carbocycles. The van der Waals surface area contributed by atoms with Crippen molar-refractivity contribution in [3.63, 3.8) is 0 Å². The van der Waals surface area contributed by atoms with Crippen LogP contribution in [0.2, 0.25) is 5.02 Å². The molecule has 0 bridgehead atoms. The van der Waals surface area contributed by atoms with Gasteiger partial charge in [-0.25, -0.2) is 0 Å². The second-order valence-corrected chi connectivity index (χ2v) is 5.48.